The summed E-state index contributed by atoms with van der Waals surface area (Å²) < 4.78 is 0. The van der Waals surface area contributed by atoms with Crippen LogP contribution in [0.1, 0.15) is 50.0 Å². The lowest BCUT2D eigenvalue weighted by Gasteiger charge is -2.36. The van der Waals surface area contributed by atoms with Gasteiger partial charge in [-0.15, -0.1) is 0 Å². The fourth-order valence-electron chi connectivity index (χ4n) is 4.62. The number of imide groups is 1. The number of carboxylic acids is 1. The van der Waals surface area contributed by atoms with Gasteiger partial charge in [-0.25, -0.2) is 9.97 Å². The number of likely N-dealkylation sites (tertiary alicyclic amines) is 1. The molecule has 0 aromatic carbocycles. The van der Waals surface area contributed by atoms with Gasteiger partial charge in [-0.05, 0) is 32.1 Å². The number of rotatable bonds is 4. The van der Waals surface area contributed by atoms with Crippen LogP contribution in [-0.2, 0) is 19.2 Å². The van der Waals surface area contributed by atoms with Crippen molar-refractivity contribution in [3.63, 3.8) is 0 Å². The van der Waals surface area contributed by atoms with Gasteiger partial charge in [-0.1, -0.05) is 0 Å². The largest absolute Gasteiger partial charge is 0.481 e. The Balaban J connectivity index is 1.29. The van der Waals surface area contributed by atoms with E-state index in [1.165, 1.54) is 0 Å². The number of anilines is 1. The minimum absolute atomic E-state index is 0.0552. The van der Waals surface area contributed by atoms with Gasteiger partial charge in [0.1, 0.15) is 0 Å². The van der Waals surface area contributed by atoms with Gasteiger partial charge in [-0.2, -0.15) is 0 Å². The number of carboxylic acid groups (broad SMARTS) is 1. The van der Waals surface area contributed by atoms with Crippen LogP contribution < -0.4 is 10.2 Å². The molecule has 1 aromatic rings. The Kier molecular flexibility index (Phi) is 6.15. The van der Waals surface area contributed by atoms with Crippen molar-refractivity contribution in [3.8, 4) is 0 Å². The van der Waals surface area contributed by atoms with Gasteiger partial charge in [0.25, 0.3) is 0 Å². The summed E-state index contributed by atoms with van der Waals surface area (Å²) in [6.45, 7) is 2.36. The third kappa shape index (κ3) is 4.67. The highest BCUT2D eigenvalue weighted by atomic mass is 16.4. The molecule has 1 atom stereocenters. The summed E-state index contributed by atoms with van der Waals surface area (Å²) in [7, 11) is 0. The third-order valence-corrected chi connectivity index (χ3v) is 6.58. The molecule has 0 spiro atoms. The number of nitrogens with one attached hydrogen (secondary N) is 1. The van der Waals surface area contributed by atoms with Gasteiger partial charge in [0.05, 0.1) is 11.8 Å². The van der Waals surface area contributed by atoms with Gasteiger partial charge in [0.15, 0.2) is 0 Å². The molecule has 31 heavy (non-hydrogen) atoms. The zero-order valence-electron chi connectivity index (χ0n) is 17.3. The highest BCUT2D eigenvalue weighted by Gasteiger charge is 2.33. The second-order valence-electron chi connectivity index (χ2n) is 8.52. The molecule has 3 aliphatic rings. The average molecular weight is 429 g/mol. The zero-order chi connectivity index (χ0) is 22.0. The summed E-state index contributed by atoms with van der Waals surface area (Å²) in [6, 6.07) is 0. The first-order chi connectivity index (χ1) is 14.9. The predicted octanol–water partition coefficient (Wildman–Crippen LogP) is 0.536. The molecular formula is C21H27N5O5. The number of aromatic nitrogens is 2. The van der Waals surface area contributed by atoms with Crippen molar-refractivity contribution in [1.29, 1.82) is 0 Å². The van der Waals surface area contributed by atoms with Crippen LogP contribution >= 0.6 is 0 Å². The number of carbonyl (C=O) groups is 4. The minimum Gasteiger partial charge on any atom is -0.481 e. The maximum atomic E-state index is 12.8. The highest BCUT2D eigenvalue weighted by Crippen LogP contribution is 2.27. The van der Waals surface area contributed by atoms with Crippen molar-refractivity contribution >= 4 is 29.6 Å². The number of nitrogens with zero attached hydrogens (tertiary/aromatic N) is 4. The molecule has 3 amide bonds. The first-order valence-corrected chi connectivity index (χ1v) is 10.8. The van der Waals surface area contributed by atoms with Gasteiger partial charge < -0.3 is 14.9 Å². The maximum Gasteiger partial charge on any atom is 0.306 e. The highest BCUT2D eigenvalue weighted by molar-refractivity contribution is 6.00. The standard InChI is InChI=1S/C21H27N5O5/c27-17-2-1-16(18(28)24-17)15-11-22-21(23-12-15)26-9-3-13(4-10-26)19(29)25-7-5-14(6-8-25)20(30)31/h11-14,16H,1-10H2,(H,30,31)(H,24,27,28). The van der Waals surface area contributed by atoms with Crippen LogP contribution in [0.5, 0.6) is 0 Å². The topological polar surface area (TPSA) is 133 Å². The molecule has 3 saturated heterocycles. The first kappa shape index (κ1) is 21.2. The van der Waals surface area contributed by atoms with E-state index in [0.29, 0.717) is 76.2 Å². The SMILES string of the molecule is O=C1CCC(c2cnc(N3CCC(C(=O)N4CCC(C(=O)O)CC4)CC3)nc2)C(=O)N1. The summed E-state index contributed by atoms with van der Waals surface area (Å²) in [4.78, 5) is 59.9. The Morgan fingerprint density at radius 1 is 0.935 bits per heavy atom. The van der Waals surface area contributed by atoms with Crippen LogP contribution in [0.3, 0.4) is 0 Å². The van der Waals surface area contributed by atoms with Crippen molar-refractivity contribution in [1.82, 2.24) is 20.2 Å². The van der Waals surface area contributed by atoms with Gasteiger partial charge in [0, 0.05) is 56.5 Å². The second-order valence-corrected chi connectivity index (χ2v) is 8.52. The number of carbonyl (C=O) groups excluding carboxylic acids is 3. The number of amides is 3. The molecule has 10 nitrogen and oxygen atoms in total. The summed E-state index contributed by atoms with van der Waals surface area (Å²) >= 11 is 0. The molecule has 1 unspecified atom stereocenters. The molecule has 3 aliphatic heterocycles. The van der Waals surface area contributed by atoms with E-state index in [9.17, 15) is 19.2 Å². The van der Waals surface area contributed by atoms with E-state index < -0.39 is 11.9 Å². The van der Waals surface area contributed by atoms with E-state index in [1.807, 2.05) is 9.80 Å². The van der Waals surface area contributed by atoms with Crippen LogP contribution in [0, 0.1) is 11.8 Å². The monoisotopic (exact) mass is 429 g/mol. The molecule has 10 heteroatoms. The first-order valence-electron chi connectivity index (χ1n) is 10.8. The Hall–Kier alpha value is -3.04. The van der Waals surface area contributed by atoms with E-state index in [2.05, 4.69) is 15.3 Å². The number of aliphatic carboxylic acids is 1. The summed E-state index contributed by atoms with van der Waals surface area (Å²) in [5.41, 5.74) is 0.698. The Bertz CT molecular complexity index is 857. The Labute approximate surface area is 180 Å². The van der Waals surface area contributed by atoms with Gasteiger partial charge in [-0.3, -0.25) is 24.5 Å². The van der Waals surface area contributed by atoms with E-state index >= 15 is 0 Å². The maximum absolute atomic E-state index is 12.8. The van der Waals surface area contributed by atoms with Crippen LogP contribution in [-0.4, -0.2) is 69.8 Å². The number of piperidine rings is 3. The fourth-order valence-corrected chi connectivity index (χ4v) is 4.62. The Morgan fingerprint density at radius 2 is 1.55 bits per heavy atom. The molecule has 166 valence electrons. The van der Waals surface area contributed by atoms with Crippen molar-refractivity contribution in [2.45, 2.75) is 44.4 Å². The molecule has 4 heterocycles. The molecule has 0 aliphatic carbocycles. The Morgan fingerprint density at radius 3 is 2.13 bits per heavy atom. The molecule has 1 aromatic heterocycles. The molecule has 0 bridgehead atoms. The quantitative estimate of drug-likeness (QED) is 0.663. The molecule has 0 radical (unpaired) electrons. The summed E-state index contributed by atoms with van der Waals surface area (Å²) in [5, 5.41) is 11.5. The molecule has 4 rings (SSSR count). The van der Waals surface area contributed by atoms with E-state index in [4.69, 9.17) is 5.11 Å². The van der Waals surface area contributed by atoms with E-state index in [-0.39, 0.29) is 29.6 Å². The lowest BCUT2D eigenvalue weighted by atomic mass is 9.92. The summed E-state index contributed by atoms with van der Waals surface area (Å²) in [5.74, 6) is -1.43. The minimum atomic E-state index is -0.774. The second kappa shape index (κ2) is 8.99. The van der Waals surface area contributed by atoms with Crippen LogP contribution in [0.15, 0.2) is 12.4 Å². The third-order valence-electron chi connectivity index (χ3n) is 6.58. The molecule has 2 N–H and O–H groups in total. The lowest BCUT2D eigenvalue weighted by molar-refractivity contribution is -0.147. The number of hydrogen-bond donors (Lipinski definition) is 2. The van der Waals surface area contributed by atoms with Crippen LogP contribution in [0.25, 0.3) is 0 Å². The van der Waals surface area contributed by atoms with Gasteiger partial charge in [0.2, 0.25) is 23.7 Å². The van der Waals surface area contributed by atoms with Crippen molar-refractivity contribution in [2.24, 2.45) is 11.8 Å². The molecule has 3 fully saturated rings. The average Bonchev–Trinajstić information content (AvgIpc) is 2.79. The van der Waals surface area contributed by atoms with Crippen molar-refractivity contribution in [3.05, 3.63) is 18.0 Å². The number of hydrogen-bond acceptors (Lipinski definition) is 7. The van der Waals surface area contributed by atoms with E-state index in [0.717, 1.165) is 0 Å². The predicted molar refractivity (Wildman–Crippen MR) is 109 cm³/mol. The summed E-state index contributed by atoms with van der Waals surface area (Å²) in [6.07, 6.45) is 6.52. The van der Waals surface area contributed by atoms with Crippen molar-refractivity contribution in [2.75, 3.05) is 31.1 Å². The zero-order valence-corrected chi connectivity index (χ0v) is 17.3. The fraction of sp³-hybridized carbons (Fsp3) is 0.619. The van der Waals surface area contributed by atoms with Gasteiger partial charge >= 0.3 is 5.97 Å². The normalized spacial score (nSPS) is 23.5. The van der Waals surface area contributed by atoms with Crippen molar-refractivity contribution < 1.29 is 24.3 Å². The lowest BCUT2D eigenvalue weighted by Crippen LogP contribution is -2.46. The molecule has 0 saturated carbocycles. The van der Waals surface area contributed by atoms with E-state index in [1.54, 1.807) is 12.4 Å². The van der Waals surface area contributed by atoms with Crippen LogP contribution in [0.2, 0.25) is 0 Å². The molecular weight excluding hydrogens is 402 g/mol. The smallest absolute Gasteiger partial charge is 0.306 e. The van der Waals surface area contributed by atoms with Crippen LogP contribution in [0.4, 0.5) is 5.95 Å².